The van der Waals surface area contributed by atoms with Crippen LogP contribution in [0.1, 0.15) is 5.56 Å². The summed E-state index contributed by atoms with van der Waals surface area (Å²) in [7, 11) is 0. The van der Waals surface area contributed by atoms with E-state index in [0.717, 1.165) is 28.1 Å². The molecule has 5 aromatic rings. The Morgan fingerprint density at radius 1 is 0.903 bits per heavy atom. The summed E-state index contributed by atoms with van der Waals surface area (Å²) in [5, 5.41) is 0. The Hall–Kier alpha value is -4.26. The predicted octanol–water partition coefficient (Wildman–Crippen LogP) is 4.76. The molecule has 0 atom stereocenters. The molecule has 3 aromatic heterocycles. The highest BCUT2D eigenvalue weighted by molar-refractivity contribution is 5.82. The second-order valence-electron chi connectivity index (χ2n) is 7.01. The Labute approximate surface area is 177 Å². The van der Waals surface area contributed by atoms with Gasteiger partial charge in [-0.15, -0.1) is 0 Å². The fourth-order valence-electron chi connectivity index (χ4n) is 3.42. The number of rotatable bonds is 5. The van der Waals surface area contributed by atoms with Gasteiger partial charge in [-0.1, -0.05) is 12.1 Å². The summed E-state index contributed by atoms with van der Waals surface area (Å²) in [4.78, 5) is 13.2. The van der Waals surface area contributed by atoms with E-state index in [9.17, 15) is 4.39 Å². The first-order valence-corrected chi connectivity index (χ1v) is 9.70. The van der Waals surface area contributed by atoms with Crippen molar-refractivity contribution < 1.29 is 9.13 Å². The zero-order valence-corrected chi connectivity index (χ0v) is 16.4. The van der Waals surface area contributed by atoms with Gasteiger partial charge in [0.05, 0.1) is 11.4 Å². The highest BCUT2D eigenvalue weighted by Crippen LogP contribution is 2.33. The topological polar surface area (TPSA) is 78.3 Å². The Bertz CT molecular complexity index is 1350. The third-order valence-corrected chi connectivity index (χ3v) is 4.90. The van der Waals surface area contributed by atoms with E-state index in [2.05, 4.69) is 9.97 Å². The van der Waals surface area contributed by atoms with Gasteiger partial charge in [0.15, 0.2) is 0 Å². The number of benzene rings is 2. The number of halogens is 1. The lowest BCUT2D eigenvalue weighted by Crippen LogP contribution is -1.96. The van der Waals surface area contributed by atoms with Gasteiger partial charge in [0.2, 0.25) is 5.78 Å². The Morgan fingerprint density at radius 2 is 1.71 bits per heavy atom. The van der Waals surface area contributed by atoms with Crippen LogP contribution < -0.4 is 10.5 Å². The maximum atomic E-state index is 13.0. The van der Waals surface area contributed by atoms with Crippen molar-refractivity contribution in [3.8, 4) is 28.3 Å². The van der Waals surface area contributed by atoms with Gasteiger partial charge >= 0.3 is 0 Å². The average molecular weight is 411 g/mol. The third kappa shape index (κ3) is 3.81. The van der Waals surface area contributed by atoms with Crippen LogP contribution in [0.25, 0.3) is 28.3 Å². The summed E-state index contributed by atoms with van der Waals surface area (Å²) in [6, 6.07) is 19.5. The predicted molar refractivity (Wildman–Crippen MR) is 117 cm³/mol. The fraction of sp³-hybridized carbons (Fsp3) is 0.0417. The number of fused-ring (bicyclic) bond motifs is 1. The molecule has 152 valence electrons. The minimum Gasteiger partial charge on any atom is -0.489 e. The molecular formula is C24H18FN5O. The minimum absolute atomic E-state index is 0.262. The van der Waals surface area contributed by atoms with Gasteiger partial charge < -0.3 is 10.5 Å². The van der Waals surface area contributed by atoms with Crippen LogP contribution in [0.3, 0.4) is 0 Å². The quantitative estimate of drug-likeness (QED) is 0.451. The molecule has 0 aliphatic heterocycles. The molecule has 2 N–H and O–H groups in total. The van der Waals surface area contributed by atoms with Crippen molar-refractivity contribution in [3.63, 3.8) is 0 Å². The van der Waals surface area contributed by atoms with Crippen molar-refractivity contribution >= 4 is 11.6 Å². The molecule has 0 aliphatic rings. The number of hydrogen-bond donors (Lipinski definition) is 1. The molecule has 31 heavy (non-hydrogen) atoms. The van der Waals surface area contributed by atoms with Gasteiger partial charge in [-0.3, -0.25) is 4.40 Å². The average Bonchev–Trinajstić information content (AvgIpc) is 3.19. The van der Waals surface area contributed by atoms with E-state index in [1.165, 1.54) is 12.1 Å². The molecule has 0 saturated carbocycles. The van der Waals surface area contributed by atoms with Crippen LogP contribution in [-0.4, -0.2) is 19.4 Å². The van der Waals surface area contributed by atoms with E-state index in [1.807, 2.05) is 53.1 Å². The van der Waals surface area contributed by atoms with Crippen LogP contribution in [0.15, 0.2) is 85.3 Å². The maximum Gasteiger partial charge on any atom is 0.234 e. The molecule has 0 spiro atoms. The van der Waals surface area contributed by atoms with E-state index in [1.54, 1.807) is 24.5 Å². The molecule has 0 bridgehead atoms. The van der Waals surface area contributed by atoms with Crippen LogP contribution >= 0.6 is 0 Å². The number of anilines is 1. The summed E-state index contributed by atoms with van der Waals surface area (Å²) in [5.41, 5.74) is 10.3. The first-order valence-electron chi connectivity index (χ1n) is 9.70. The van der Waals surface area contributed by atoms with Crippen molar-refractivity contribution in [2.75, 3.05) is 5.73 Å². The third-order valence-electron chi connectivity index (χ3n) is 4.90. The number of nitrogens with zero attached hydrogens (tertiary/aromatic N) is 4. The van der Waals surface area contributed by atoms with Gasteiger partial charge in [-0.25, -0.2) is 19.3 Å². The first-order chi connectivity index (χ1) is 15.2. The standard InChI is InChI=1S/C24H18FN5O/c25-19-6-2-16(3-7-19)15-31-20-8-4-17(5-9-20)22-23(18-10-12-27-21(26)14-18)30-13-1-11-28-24(30)29-22/h1-14H,15H2,(H2,26,27). The van der Waals surface area contributed by atoms with Crippen molar-refractivity contribution in [1.82, 2.24) is 19.4 Å². The van der Waals surface area contributed by atoms with E-state index in [-0.39, 0.29) is 5.82 Å². The fourth-order valence-corrected chi connectivity index (χ4v) is 3.42. The van der Waals surface area contributed by atoms with Gasteiger partial charge in [0.1, 0.15) is 24.0 Å². The zero-order valence-electron chi connectivity index (χ0n) is 16.4. The van der Waals surface area contributed by atoms with E-state index >= 15 is 0 Å². The van der Waals surface area contributed by atoms with Crippen LogP contribution in [0, 0.1) is 5.82 Å². The summed E-state index contributed by atoms with van der Waals surface area (Å²) in [6.07, 6.45) is 5.31. The number of nitrogen functional groups attached to an aromatic ring is 1. The van der Waals surface area contributed by atoms with Gasteiger partial charge in [0.25, 0.3) is 0 Å². The molecule has 0 saturated heterocycles. The number of ether oxygens (including phenoxy) is 1. The molecule has 0 amide bonds. The molecule has 0 aliphatic carbocycles. The maximum absolute atomic E-state index is 13.0. The molecular weight excluding hydrogens is 393 g/mol. The smallest absolute Gasteiger partial charge is 0.234 e. The molecule has 3 heterocycles. The number of aromatic nitrogens is 4. The lowest BCUT2D eigenvalue weighted by Gasteiger charge is -2.09. The molecule has 5 rings (SSSR count). The minimum atomic E-state index is -0.262. The van der Waals surface area contributed by atoms with E-state index < -0.39 is 0 Å². The Morgan fingerprint density at radius 3 is 2.48 bits per heavy atom. The highest BCUT2D eigenvalue weighted by atomic mass is 19.1. The number of nitrogens with two attached hydrogens (primary N) is 1. The van der Waals surface area contributed by atoms with Gasteiger partial charge in [-0.05, 0) is 60.2 Å². The van der Waals surface area contributed by atoms with Gasteiger partial charge in [0, 0.05) is 29.7 Å². The monoisotopic (exact) mass is 411 g/mol. The Kier molecular flexibility index (Phi) is 4.76. The van der Waals surface area contributed by atoms with E-state index in [0.29, 0.717) is 24.0 Å². The molecule has 0 radical (unpaired) electrons. The Balaban J connectivity index is 1.48. The SMILES string of the molecule is Nc1cc(-c2c(-c3ccc(OCc4ccc(F)cc4)cc3)nc3ncccn23)ccn1. The molecule has 2 aromatic carbocycles. The second kappa shape index (κ2) is 7.87. The van der Waals surface area contributed by atoms with Crippen LogP contribution in [0.4, 0.5) is 10.2 Å². The second-order valence-corrected chi connectivity index (χ2v) is 7.01. The normalized spacial score (nSPS) is 11.0. The summed E-state index contributed by atoms with van der Waals surface area (Å²) >= 11 is 0. The zero-order chi connectivity index (χ0) is 21.2. The largest absolute Gasteiger partial charge is 0.489 e. The van der Waals surface area contributed by atoms with Crippen LogP contribution in [0.5, 0.6) is 5.75 Å². The molecule has 7 heteroatoms. The van der Waals surface area contributed by atoms with Crippen molar-refractivity contribution in [3.05, 3.63) is 96.7 Å². The summed E-state index contributed by atoms with van der Waals surface area (Å²) < 4.78 is 20.8. The van der Waals surface area contributed by atoms with Crippen molar-refractivity contribution in [2.45, 2.75) is 6.61 Å². The lowest BCUT2D eigenvalue weighted by molar-refractivity contribution is 0.306. The van der Waals surface area contributed by atoms with Crippen molar-refractivity contribution in [2.24, 2.45) is 0 Å². The van der Waals surface area contributed by atoms with E-state index in [4.69, 9.17) is 15.5 Å². The van der Waals surface area contributed by atoms with Crippen molar-refractivity contribution in [1.29, 1.82) is 0 Å². The first kappa shape index (κ1) is 18.7. The highest BCUT2D eigenvalue weighted by Gasteiger charge is 2.17. The molecule has 0 fully saturated rings. The molecule has 0 unspecified atom stereocenters. The number of pyridine rings is 1. The van der Waals surface area contributed by atoms with Crippen LogP contribution in [0.2, 0.25) is 0 Å². The van der Waals surface area contributed by atoms with Crippen LogP contribution in [-0.2, 0) is 6.61 Å². The molecule has 6 nitrogen and oxygen atoms in total. The number of imidazole rings is 1. The van der Waals surface area contributed by atoms with Gasteiger partial charge in [-0.2, -0.15) is 0 Å². The summed E-state index contributed by atoms with van der Waals surface area (Å²) in [5.74, 6) is 1.48. The number of hydrogen-bond acceptors (Lipinski definition) is 5. The lowest BCUT2D eigenvalue weighted by atomic mass is 10.1. The summed E-state index contributed by atoms with van der Waals surface area (Å²) in [6.45, 7) is 0.361.